The summed E-state index contributed by atoms with van der Waals surface area (Å²) < 4.78 is 4.86. The second-order valence-electron chi connectivity index (χ2n) is 3.98. The molecular weight excluding hydrogens is 254 g/mol. The average molecular weight is 265 g/mol. The summed E-state index contributed by atoms with van der Waals surface area (Å²) in [4.78, 5) is 13.1. The molecule has 2 N–H and O–H groups in total. The molecule has 0 radical (unpaired) electrons. The highest BCUT2D eigenvalue weighted by Crippen LogP contribution is 2.40. The van der Waals surface area contributed by atoms with Gasteiger partial charge in [-0.1, -0.05) is 0 Å². The first-order valence-corrected chi connectivity index (χ1v) is 6.91. The van der Waals surface area contributed by atoms with E-state index in [1.165, 1.54) is 36.1 Å². The molecule has 0 amide bonds. The lowest BCUT2D eigenvalue weighted by molar-refractivity contribution is 0.868. The van der Waals surface area contributed by atoms with E-state index in [9.17, 15) is 0 Å². The normalized spacial score (nSPS) is 15.1. The summed E-state index contributed by atoms with van der Waals surface area (Å²) in [5, 5.41) is 0.899. The first-order valence-electron chi connectivity index (χ1n) is 5.32. The minimum atomic E-state index is 0.506. The predicted octanol–water partition coefficient (Wildman–Crippen LogP) is 2.25. The van der Waals surface area contributed by atoms with Gasteiger partial charge in [-0.2, -0.15) is 4.37 Å². The van der Waals surface area contributed by atoms with Gasteiger partial charge in [0.05, 0.1) is 0 Å². The van der Waals surface area contributed by atoms with Crippen LogP contribution in [0.5, 0.6) is 0 Å². The third-order valence-electron chi connectivity index (χ3n) is 2.62. The molecule has 0 aromatic carbocycles. The zero-order valence-corrected chi connectivity index (χ0v) is 10.9. The highest BCUT2D eigenvalue weighted by molar-refractivity contribution is 8.00. The fraction of sp³-hybridized carbons (Fsp3) is 0.400. The van der Waals surface area contributed by atoms with Crippen LogP contribution in [0.1, 0.15) is 30.1 Å². The number of anilines is 1. The Kier molecular flexibility index (Phi) is 2.71. The molecule has 1 aliphatic carbocycles. The van der Waals surface area contributed by atoms with Crippen LogP contribution >= 0.6 is 23.3 Å². The molecule has 17 heavy (non-hydrogen) atoms. The molecule has 5 nitrogen and oxygen atoms in total. The number of hydrogen-bond acceptors (Lipinski definition) is 7. The Balaban J connectivity index is 1.96. The van der Waals surface area contributed by atoms with E-state index in [-0.39, 0.29) is 0 Å². The SMILES string of the molecule is Cc1c(N)nc(C2CC2)nc1Sc1ncns1. The summed E-state index contributed by atoms with van der Waals surface area (Å²) in [7, 11) is 0. The van der Waals surface area contributed by atoms with Crippen molar-refractivity contribution < 1.29 is 0 Å². The molecule has 0 atom stereocenters. The first-order chi connectivity index (χ1) is 8.24. The highest BCUT2D eigenvalue weighted by Gasteiger charge is 2.28. The van der Waals surface area contributed by atoms with Crippen molar-refractivity contribution >= 4 is 29.1 Å². The zero-order valence-electron chi connectivity index (χ0n) is 9.25. The molecule has 2 heterocycles. The lowest BCUT2D eigenvalue weighted by Crippen LogP contribution is -2.03. The summed E-state index contributed by atoms with van der Waals surface area (Å²) >= 11 is 2.87. The number of nitrogen functional groups attached to an aromatic ring is 1. The van der Waals surface area contributed by atoms with Crippen molar-refractivity contribution in [1.29, 1.82) is 0 Å². The van der Waals surface area contributed by atoms with Crippen molar-refractivity contribution in [3.8, 4) is 0 Å². The van der Waals surface area contributed by atoms with Gasteiger partial charge in [-0.05, 0) is 43.1 Å². The fourth-order valence-electron chi connectivity index (χ4n) is 1.44. The van der Waals surface area contributed by atoms with Crippen LogP contribution in [0.3, 0.4) is 0 Å². The van der Waals surface area contributed by atoms with Crippen LogP contribution in [-0.2, 0) is 0 Å². The maximum absolute atomic E-state index is 5.92. The van der Waals surface area contributed by atoms with Gasteiger partial charge < -0.3 is 5.73 Å². The molecule has 0 spiro atoms. The van der Waals surface area contributed by atoms with Gasteiger partial charge in [0.15, 0.2) is 4.34 Å². The van der Waals surface area contributed by atoms with Crippen LogP contribution in [0, 0.1) is 6.92 Å². The number of nitrogens with two attached hydrogens (primary N) is 1. The van der Waals surface area contributed by atoms with E-state index in [1.807, 2.05) is 6.92 Å². The molecule has 2 aromatic heterocycles. The van der Waals surface area contributed by atoms with Crippen LogP contribution in [0.4, 0.5) is 5.82 Å². The van der Waals surface area contributed by atoms with E-state index in [0.717, 1.165) is 20.8 Å². The van der Waals surface area contributed by atoms with Gasteiger partial charge in [0, 0.05) is 11.5 Å². The summed E-state index contributed by atoms with van der Waals surface area (Å²) in [6.45, 7) is 1.94. The molecule has 0 bridgehead atoms. The second-order valence-corrected chi connectivity index (χ2v) is 6.00. The van der Waals surface area contributed by atoms with Crippen LogP contribution < -0.4 is 5.73 Å². The number of nitrogens with zero attached hydrogens (tertiary/aromatic N) is 4. The van der Waals surface area contributed by atoms with Crippen molar-refractivity contribution in [3.05, 3.63) is 17.7 Å². The Morgan fingerprint density at radius 2 is 2.24 bits per heavy atom. The van der Waals surface area contributed by atoms with E-state index in [0.29, 0.717) is 11.7 Å². The lowest BCUT2D eigenvalue weighted by Gasteiger charge is -2.07. The van der Waals surface area contributed by atoms with Crippen LogP contribution in [0.15, 0.2) is 15.7 Å². The Morgan fingerprint density at radius 1 is 1.41 bits per heavy atom. The van der Waals surface area contributed by atoms with Crippen molar-refractivity contribution in [2.75, 3.05) is 5.73 Å². The largest absolute Gasteiger partial charge is 0.383 e. The average Bonchev–Trinajstić information content (AvgIpc) is 3.04. The summed E-state index contributed by atoms with van der Waals surface area (Å²) in [5.41, 5.74) is 6.84. The molecule has 1 saturated carbocycles. The predicted molar refractivity (Wildman–Crippen MR) is 67.2 cm³/mol. The van der Waals surface area contributed by atoms with Crippen LogP contribution in [0.2, 0.25) is 0 Å². The van der Waals surface area contributed by atoms with Gasteiger partial charge in [-0.15, -0.1) is 0 Å². The zero-order chi connectivity index (χ0) is 11.8. The molecule has 0 aliphatic heterocycles. The van der Waals surface area contributed by atoms with E-state index in [4.69, 9.17) is 5.73 Å². The topological polar surface area (TPSA) is 77.6 Å². The molecule has 2 aromatic rings. The molecule has 88 valence electrons. The van der Waals surface area contributed by atoms with Gasteiger partial charge in [0.2, 0.25) is 0 Å². The third-order valence-corrected chi connectivity index (χ3v) is 4.43. The van der Waals surface area contributed by atoms with Gasteiger partial charge in [-0.25, -0.2) is 15.0 Å². The smallest absolute Gasteiger partial charge is 0.176 e. The Morgan fingerprint density at radius 3 is 2.88 bits per heavy atom. The van der Waals surface area contributed by atoms with Gasteiger partial charge in [-0.3, -0.25) is 0 Å². The van der Waals surface area contributed by atoms with Crippen molar-refractivity contribution in [2.24, 2.45) is 0 Å². The van der Waals surface area contributed by atoms with Crippen molar-refractivity contribution in [1.82, 2.24) is 19.3 Å². The molecule has 0 unspecified atom stereocenters. The minimum absolute atomic E-state index is 0.506. The first kappa shape index (κ1) is 10.9. The summed E-state index contributed by atoms with van der Waals surface area (Å²) in [5.74, 6) is 1.96. The Labute approximate surface area is 107 Å². The van der Waals surface area contributed by atoms with Crippen molar-refractivity contribution in [3.63, 3.8) is 0 Å². The molecular formula is C10H11N5S2. The number of rotatable bonds is 3. The standard InChI is InChI=1S/C10H11N5S2/c1-5-7(11)14-8(6-2-3-6)15-9(5)16-10-12-4-13-17-10/h4,6H,2-3H2,1H3,(H2,11,14,15). The van der Waals surface area contributed by atoms with E-state index < -0.39 is 0 Å². The molecule has 1 aliphatic rings. The number of aromatic nitrogens is 4. The molecule has 1 fully saturated rings. The maximum atomic E-state index is 5.92. The molecule has 0 saturated heterocycles. The van der Waals surface area contributed by atoms with Crippen LogP contribution in [-0.4, -0.2) is 19.3 Å². The fourth-order valence-corrected chi connectivity index (χ4v) is 2.90. The van der Waals surface area contributed by atoms with Crippen molar-refractivity contribution in [2.45, 2.75) is 35.0 Å². The Bertz CT molecular complexity index is 536. The lowest BCUT2D eigenvalue weighted by atomic mass is 10.3. The summed E-state index contributed by atoms with van der Waals surface area (Å²) in [6, 6.07) is 0. The van der Waals surface area contributed by atoms with Gasteiger partial charge >= 0.3 is 0 Å². The van der Waals surface area contributed by atoms with Crippen LogP contribution in [0.25, 0.3) is 0 Å². The third kappa shape index (κ3) is 2.25. The molecule has 7 heteroatoms. The monoisotopic (exact) mass is 265 g/mol. The Hall–Kier alpha value is -1.21. The van der Waals surface area contributed by atoms with Gasteiger partial charge in [0.1, 0.15) is 23.0 Å². The summed E-state index contributed by atoms with van der Waals surface area (Å²) in [6.07, 6.45) is 3.89. The van der Waals surface area contributed by atoms with Gasteiger partial charge in [0.25, 0.3) is 0 Å². The molecule has 3 rings (SSSR count). The maximum Gasteiger partial charge on any atom is 0.176 e. The highest BCUT2D eigenvalue weighted by atomic mass is 32.2. The second kappa shape index (κ2) is 4.23. The van der Waals surface area contributed by atoms with E-state index in [1.54, 1.807) is 6.33 Å². The number of hydrogen-bond donors (Lipinski definition) is 1. The quantitative estimate of drug-likeness (QED) is 0.858. The van der Waals surface area contributed by atoms with E-state index >= 15 is 0 Å². The minimum Gasteiger partial charge on any atom is -0.383 e. The van der Waals surface area contributed by atoms with E-state index in [2.05, 4.69) is 19.3 Å².